The Morgan fingerprint density at radius 2 is 2.22 bits per heavy atom. The molecule has 0 saturated heterocycles. The monoisotopic (exact) mass is 313 g/mol. The van der Waals surface area contributed by atoms with Crippen LogP contribution < -0.4 is 14.8 Å². The fourth-order valence-corrected chi connectivity index (χ4v) is 2.15. The number of hydrogen-bond acceptors (Lipinski definition) is 4. The molecule has 0 amide bonds. The van der Waals surface area contributed by atoms with E-state index in [4.69, 9.17) is 9.47 Å². The van der Waals surface area contributed by atoms with E-state index in [0.717, 1.165) is 17.3 Å². The van der Waals surface area contributed by atoms with Crippen LogP contribution >= 0.6 is 15.9 Å². The van der Waals surface area contributed by atoms with Crippen LogP contribution in [-0.4, -0.2) is 32.6 Å². The van der Waals surface area contributed by atoms with E-state index in [0.29, 0.717) is 23.6 Å². The Morgan fingerprint density at radius 1 is 1.50 bits per heavy atom. The molecule has 98 valence electrons. The number of ether oxygens (including phenoxy) is 2. The fraction of sp³-hybridized carbons (Fsp3) is 0.462. The van der Waals surface area contributed by atoms with Crippen molar-refractivity contribution in [1.29, 1.82) is 0 Å². The summed E-state index contributed by atoms with van der Waals surface area (Å²) in [6.07, 6.45) is 2.44. The number of methoxy groups -OCH3 is 1. The molecule has 1 aliphatic rings. The van der Waals surface area contributed by atoms with Gasteiger partial charge >= 0.3 is 0 Å². The van der Waals surface area contributed by atoms with Crippen LogP contribution in [-0.2, 0) is 0 Å². The first kappa shape index (κ1) is 13.4. The van der Waals surface area contributed by atoms with Gasteiger partial charge in [0.1, 0.15) is 0 Å². The standard InChI is InChI=1S/C13H16BrNO3/c1-15-7-11(16)8-5-10(14)13(12(6-8)17-2)18-9-3-4-9/h5-6,9,15H,3-4,7H2,1-2H3. The van der Waals surface area contributed by atoms with E-state index >= 15 is 0 Å². The molecule has 0 radical (unpaired) electrons. The summed E-state index contributed by atoms with van der Waals surface area (Å²) in [6, 6.07) is 3.50. The zero-order valence-electron chi connectivity index (χ0n) is 10.5. The Hall–Kier alpha value is -1.07. The maximum atomic E-state index is 11.8. The Bertz CT molecular complexity index is 458. The summed E-state index contributed by atoms with van der Waals surface area (Å²) in [6.45, 7) is 0.304. The predicted octanol–water partition coefficient (Wildman–Crippen LogP) is 2.40. The van der Waals surface area contributed by atoms with Gasteiger partial charge in [0.2, 0.25) is 0 Å². The van der Waals surface area contributed by atoms with Crippen LogP contribution in [0.4, 0.5) is 0 Å². The van der Waals surface area contributed by atoms with Crippen molar-refractivity contribution in [2.75, 3.05) is 20.7 Å². The highest BCUT2D eigenvalue weighted by atomic mass is 79.9. The number of ketones is 1. The van der Waals surface area contributed by atoms with Gasteiger partial charge in [-0.15, -0.1) is 0 Å². The molecule has 5 heteroatoms. The van der Waals surface area contributed by atoms with E-state index in [-0.39, 0.29) is 11.9 Å². The summed E-state index contributed by atoms with van der Waals surface area (Å²) >= 11 is 3.44. The molecule has 1 N–H and O–H groups in total. The SMILES string of the molecule is CNCC(=O)c1cc(Br)c(OC2CC2)c(OC)c1. The van der Waals surface area contributed by atoms with Crippen molar-refractivity contribution < 1.29 is 14.3 Å². The second-order valence-electron chi connectivity index (χ2n) is 4.26. The van der Waals surface area contributed by atoms with Crippen LogP contribution in [0.15, 0.2) is 16.6 Å². The van der Waals surface area contributed by atoms with E-state index in [9.17, 15) is 4.79 Å². The van der Waals surface area contributed by atoms with Gasteiger partial charge in [0.25, 0.3) is 0 Å². The first-order valence-electron chi connectivity index (χ1n) is 5.87. The lowest BCUT2D eigenvalue weighted by atomic mass is 10.1. The van der Waals surface area contributed by atoms with Crippen molar-refractivity contribution in [3.63, 3.8) is 0 Å². The molecule has 1 aromatic carbocycles. The molecule has 0 spiro atoms. The summed E-state index contributed by atoms with van der Waals surface area (Å²) in [7, 11) is 3.32. The zero-order chi connectivity index (χ0) is 13.1. The lowest BCUT2D eigenvalue weighted by molar-refractivity contribution is 0.0993. The van der Waals surface area contributed by atoms with Crippen molar-refractivity contribution in [2.24, 2.45) is 0 Å². The van der Waals surface area contributed by atoms with Crippen molar-refractivity contribution in [3.05, 3.63) is 22.2 Å². The van der Waals surface area contributed by atoms with Crippen LogP contribution in [0.2, 0.25) is 0 Å². The van der Waals surface area contributed by atoms with Gasteiger partial charge in [-0.2, -0.15) is 0 Å². The molecule has 1 aromatic rings. The summed E-state index contributed by atoms with van der Waals surface area (Å²) in [5.41, 5.74) is 0.608. The largest absolute Gasteiger partial charge is 0.493 e. The number of carbonyl (C=O) groups is 1. The third kappa shape index (κ3) is 3.03. The van der Waals surface area contributed by atoms with Crippen LogP contribution in [0.5, 0.6) is 11.5 Å². The summed E-state index contributed by atoms with van der Waals surface area (Å²) < 4.78 is 11.8. The summed E-state index contributed by atoms with van der Waals surface area (Å²) in [5, 5.41) is 2.84. The molecular formula is C13H16BrNO3. The Labute approximate surface area is 115 Å². The van der Waals surface area contributed by atoms with E-state index in [1.165, 1.54) is 0 Å². The molecule has 0 heterocycles. The van der Waals surface area contributed by atoms with E-state index in [1.807, 2.05) is 0 Å². The fourth-order valence-electron chi connectivity index (χ4n) is 1.61. The molecule has 1 saturated carbocycles. The molecular weight excluding hydrogens is 298 g/mol. The maximum absolute atomic E-state index is 11.8. The number of rotatable bonds is 6. The number of halogens is 1. The summed E-state index contributed by atoms with van der Waals surface area (Å²) in [4.78, 5) is 11.8. The van der Waals surface area contributed by atoms with Gasteiger partial charge in [0.05, 0.1) is 24.2 Å². The second kappa shape index (κ2) is 5.71. The van der Waals surface area contributed by atoms with Crippen molar-refractivity contribution in [3.8, 4) is 11.5 Å². The van der Waals surface area contributed by atoms with Crippen molar-refractivity contribution >= 4 is 21.7 Å². The zero-order valence-corrected chi connectivity index (χ0v) is 12.0. The highest BCUT2D eigenvalue weighted by molar-refractivity contribution is 9.10. The van der Waals surface area contributed by atoms with Crippen LogP contribution in [0.1, 0.15) is 23.2 Å². The van der Waals surface area contributed by atoms with Gasteiger partial charge in [-0.05, 0) is 48.0 Å². The van der Waals surface area contributed by atoms with E-state index in [2.05, 4.69) is 21.2 Å². The van der Waals surface area contributed by atoms with Crippen LogP contribution in [0.3, 0.4) is 0 Å². The van der Waals surface area contributed by atoms with Gasteiger partial charge in [0.15, 0.2) is 17.3 Å². The van der Waals surface area contributed by atoms with Gasteiger partial charge in [-0.25, -0.2) is 0 Å². The maximum Gasteiger partial charge on any atom is 0.176 e. The molecule has 0 aromatic heterocycles. The number of benzene rings is 1. The molecule has 0 bridgehead atoms. The van der Waals surface area contributed by atoms with Gasteiger partial charge in [0, 0.05) is 5.56 Å². The first-order chi connectivity index (χ1) is 8.65. The Morgan fingerprint density at radius 3 is 2.78 bits per heavy atom. The molecule has 2 rings (SSSR count). The molecule has 18 heavy (non-hydrogen) atoms. The van der Waals surface area contributed by atoms with Crippen molar-refractivity contribution in [2.45, 2.75) is 18.9 Å². The van der Waals surface area contributed by atoms with Crippen LogP contribution in [0.25, 0.3) is 0 Å². The number of nitrogens with one attached hydrogen (secondary N) is 1. The van der Waals surface area contributed by atoms with E-state index in [1.54, 1.807) is 26.3 Å². The smallest absolute Gasteiger partial charge is 0.176 e. The molecule has 1 fully saturated rings. The first-order valence-corrected chi connectivity index (χ1v) is 6.67. The average molecular weight is 314 g/mol. The van der Waals surface area contributed by atoms with Gasteiger partial charge in [-0.3, -0.25) is 4.79 Å². The lowest BCUT2D eigenvalue weighted by Crippen LogP contribution is -2.18. The minimum Gasteiger partial charge on any atom is -0.493 e. The minimum atomic E-state index is 0.0227. The third-order valence-corrected chi connectivity index (χ3v) is 3.29. The Balaban J connectivity index is 2.29. The third-order valence-electron chi connectivity index (χ3n) is 2.70. The average Bonchev–Trinajstić information content (AvgIpc) is 3.15. The molecule has 0 atom stereocenters. The number of hydrogen-bond donors (Lipinski definition) is 1. The predicted molar refractivity (Wildman–Crippen MR) is 72.6 cm³/mol. The van der Waals surface area contributed by atoms with Gasteiger partial charge < -0.3 is 14.8 Å². The highest BCUT2D eigenvalue weighted by Crippen LogP contribution is 2.40. The minimum absolute atomic E-state index is 0.0227. The number of carbonyl (C=O) groups excluding carboxylic acids is 1. The normalized spacial score (nSPS) is 14.4. The van der Waals surface area contributed by atoms with Crippen LogP contribution in [0, 0.1) is 0 Å². The molecule has 4 nitrogen and oxygen atoms in total. The topological polar surface area (TPSA) is 47.6 Å². The van der Waals surface area contributed by atoms with E-state index < -0.39 is 0 Å². The highest BCUT2D eigenvalue weighted by Gasteiger charge is 2.26. The van der Waals surface area contributed by atoms with Crippen molar-refractivity contribution in [1.82, 2.24) is 5.32 Å². The lowest BCUT2D eigenvalue weighted by Gasteiger charge is -2.13. The Kier molecular flexibility index (Phi) is 4.24. The quantitative estimate of drug-likeness (QED) is 0.819. The molecule has 0 unspecified atom stereocenters. The van der Waals surface area contributed by atoms with Gasteiger partial charge in [-0.1, -0.05) is 0 Å². The molecule has 0 aliphatic heterocycles. The molecule has 1 aliphatic carbocycles. The number of Topliss-reactive ketones (excluding diaryl/α,β-unsaturated/α-hetero) is 1. The number of likely N-dealkylation sites (N-methyl/N-ethyl adjacent to an activating group) is 1. The second-order valence-corrected chi connectivity index (χ2v) is 5.11. The summed E-state index contributed by atoms with van der Waals surface area (Å²) in [5.74, 6) is 1.30.